The molecular weight excluding hydrogens is 459 g/mol. The lowest BCUT2D eigenvalue weighted by Crippen LogP contribution is -2.19. The molecule has 6 nitrogen and oxygen atoms in total. The number of pyridine rings is 1. The predicted octanol–water partition coefficient (Wildman–Crippen LogP) is 5.13. The lowest BCUT2D eigenvalue weighted by Gasteiger charge is -2.17. The zero-order valence-electron chi connectivity index (χ0n) is 20.7. The van der Waals surface area contributed by atoms with Crippen molar-refractivity contribution in [2.24, 2.45) is 5.92 Å². The molecule has 2 aromatic carbocycles. The van der Waals surface area contributed by atoms with Gasteiger partial charge in [0.25, 0.3) is 0 Å². The van der Waals surface area contributed by atoms with Crippen molar-refractivity contribution in [3.05, 3.63) is 71.7 Å². The van der Waals surface area contributed by atoms with Crippen LogP contribution in [-0.2, 0) is 27.3 Å². The lowest BCUT2D eigenvalue weighted by molar-refractivity contribution is -0.142. The quantitative estimate of drug-likeness (QED) is 0.280. The minimum atomic E-state index is -0.388. The topological polar surface area (TPSA) is 77.5 Å². The van der Waals surface area contributed by atoms with Gasteiger partial charge in [-0.15, -0.1) is 0 Å². The molecule has 0 spiro atoms. The van der Waals surface area contributed by atoms with Crippen molar-refractivity contribution < 1.29 is 23.5 Å². The third-order valence-corrected chi connectivity index (χ3v) is 6.23. The van der Waals surface area contributed by atoms with Crippen LogP contribution in [0.2, 0.25) is 0 Å². The number of rotatable bonds is 12. The standard InChI is InChI=1S/C29H31FN2O4/c1-3-36-29(34)15-19-4-11-28(35-2)25(14-19)24-9-7-21(26-10-8-23(30)18-32-26)16-22(24)17-31-13-12-27(33)20-5-6-20/h4,7-11,14,16,18,20,31H,3,5-6,12-13,15,17H2,1-2H3. The monoisotopic (exact) mass is 490 g/mol. The highest BCUT2D eigenvalue weighted by molar-refractivity contribution is 5.83. The fraction of sp³-hybridized carbons (Fsp3) is 0.345. The van der Waals surface area contributed by atoms with Gasteiger partial charge in [0.15, 0.2) is 0 Å². The number of nitrogens with one attached hydrogen (secondary N) is 1. The van der Waals surface area contributed by atoms with E-state index in [1.165, 1.54) is 12.3 Å². The number of carbonyl (C=O) groups is 2. The van der Waals surface area contributed by atoms with Crippen molar-refractivity contribution in [1.29, 1.82) is 0 Å². The molecule has 0 atom stereocenters. The number of benzene rings is 2. The summed E-state index contributed by atoms with van der Waals surface area (Å²) in [5.74, 6) is 0.580. The Morgan fingerprint density at radius 1 is 1.08 bits per heavy atom. The van der Waals surface area contributed by atoms with Gasteiger partial charge < -0.3 is 14.8 Å². The van der Waals surface area contributed by atoms with Crippen molar-refractivity contribution >= 4 is 11.8 Å². The Balaban J connectivity index is 1.65. The predicted molar refractivity (Wildman–Crippen MR) is 136 cm³/mol. The minimum Gasteiger partial charge on any atom is -0.496 e. The van der Waals surface area contributed by atoms with Gasteiger partial charge in [-0.3, -0.25) is 14.6 Å². The molecule has 7 heteroatoms. The van der Waals surface area contributed by atoms with Gasteiger partial charge in [0.05, 0.1) is 32.0 Å². The first-order valence-electron chi connectivity index (χ1n) is 12.3. The summed E-state index contributed by atoms with van der Waals surface area (Å²) in [7, 11) is 1.61. The van der Waals surface area contributed by atoms with Gasteiger partial charge in [0, 0.05) is 36.6 Å². The van der Waals surface area contributed by atoms with Crippen molar-refractivity contribution in [3.63, 3.8) is 0 Å². The van der Waals surface area contributed by atoms with Crippen LogP contribution >= 0.6 is 0 Å². The van der Waals surface area contributed by atoms with Crippen molar-refractivity contribution in [2.45, 2.75) is 39.2 Å². The summed E-state index contributed by atoms with van der Waals surface area (Å²) in [5, 5.41) is 3.40. The zero-order valence-corrected chi connectivity index (χ0v) is 20.7. The Morgan fingerprint density at radius 3 is 2.61 bits per heavy atom. The highest BCUT2D eigenvalue weighted by Crippen LogP contribution is 2.36. The molecule has 1 saturated carbocycles. The highest BCUT2D eigenvalue weighted by atomic mass is 19.1. The molecule has 0 aliphatic heterocycles. The number of Topliss-reactive ketones (excluding diaryl/α,β-unsaturated/α-hetero) is 1. The maximum absolute atomic E-state index is 13.4. The van der Waals surface area contributed by atoms with Crippen LogP contribution in [0.1, 0.15) is 37.3 Å². The summed E-state index contributed by atoms with van der Waals surface area (Å²) in [6.45, 7) is 3.23. The van der Waals surface area contributed by atoms with E-state index in [1.807, 2.05) is 36.4 Å². The van der Waals surface area contributed by atoms with Gasteiger partial charge in [0.1, 0.15) is 17.3 Å². The summed E-state index contributed by atoms with van der Waals surface area (Å²) < 4.78 is 24.2. The second-order valence-electron chi connectivity index (χ2n) is 8.92. The van der Waals surface area contributed by atoms with Crippen LogP contribution in [0.4, 0.5) is 4.39 Å². The van der Waals surface area contributed by atoms with E-state index in [1.54, 1.807) is 20.1 Å². The second kappa shape index (κ2) is 11.9. The van der Waals surface area contributed by atoms with E-state index < -0.39 is 0 Å². The number of carbonyl (C=O) groups excluding carboxylic acids is 2. The molecule has 188 valence electrons. The van der Waals surface area contributed by atoms with Gasteiger partial charge in [-0.05, 0) is 66.8 Å². The van der Waals surface area contributed by atoms with Crippen LogP contribution in [0.15, 0.2) is 54.7 Å². The van der Waals surface area contributed by atoms with Gasteiger partial charge >= 0.3 is 5.97 Å². The number of nitrogens with zero attached hydrogens (tertiary/aromatic N) is 1. The number of methoxy groups -OCH3 is 1. The van der Waals surface area contributed by atoms with Crippen LogP contribution in [-0.4, -0.2) is 37.0 Å². The molecule has 4 rings (SSSR count). The first kappa shape index (κ1) is 25.5. The summed E-state index contributed by atoms with van der Waals surface area (Å²) in [6, 6.07) is 14.6. The summed E-state index contributed by atoms with van der Waals surface area (Å²) in [4.78, 5) is 28.4. The molecule has 0 bridgehead atoms. The molecule has 1 fully saturated rings. The molecule has 0 unspecified atom stereocenters. The fourth-order valence-corrected chi connectivity index (χ4v) is 4.21. The number of aromatic nitrogens is 1. The second-order valence-corrected chi connectivity index (χ2v) is 8.92. The van der Waals surface area contributed by atoms with E-state index in [0.29, 0.717) is 43.3 Å². The molecule has 1 aliphatic carbocycles. The van der Waals surface area contributed by atoms with Crippen LogP contribution < -0.4 is 10.1 Å². The van der Waals surface area contributed by atoms with Crippen molar-refractivity contribution in [3.8, 4) is 28.1 Å². The molecular formula is C29H31FN2O4. The molecule has 0 amide bonds. The summed E-state index contributed by atoms with van der Waals surface area (Å²) >= 11 is 0. The lowest BCUT2D eigenvalue weighted by atomic mass is 9.94. The first-order chi connectivity index (χ1) is 17.5. The third kappa shape index (κ3) is 6.55. The zero-order chi connectivity index (χ0) is 25.5. The number of hydrogen-bond acceptors (Lipinski definition) is 6. The normalized spacial score (nSPS) is 12.9. The molecule has 0 saturated heterocycles. The van der Waals surface area contributed by atoms with Gasteiger partial charge in [-0.1, -0.05) is 18.2 Å². The molecule has 1 heterocycles. The molecule has 1 N–H and O–H groups in total. The maximum Gasteiger partial charge on any atom is 0.310 e. The SMILES string of the molecule is CCOC(=O)Cc1ccc(OC)c(-c2ccc(-c3ccc(F)cn3)cc2CNCCC(=O)C2CC2)c1. The number of halogens is 1. The van der Waals surface area contributed by atoms with Crippen LogP contribution in [0.5, 0.6) is 5.75 Å². The number of ketones is 1. The van der Waals surface area contributed by atoms with Crippen molar-refractivity contribution in [2.75, 3.05) is 20.3 Å². The summed E-state index contributed by atoms with van der Waals surface area (Å²) in [6.07, 6.45) is 3.90. The number of hydrogen-bond donors (Lipinski definition) is 1. The van der Waals surface area contributed by atoms with Crippen LogP contribution in [0.3, 0.4) is 0 Å². The Bertz CT molecular complexity index is 1220. The van der Waals surface area contributed by atoms with Gasteiger partial charge in [-0.2, -0.15) is 0 Å². The smallest absolute Gasteiger partial charge is 0.310 e. The van der Waals surface area contributed by atoms with Crippen LogP contribution in [0, 0.1) is 11.7 Å². The first-order valence-corrected chi connectivity index (χ1v) is 12.3. The average molecular weight is 491 g/mol. The van der Waals surface area contributed by atoms with E-state index in [9.17, 15) is 14.0 Å². The Hall–Kier alpha value is -3.58. The van der Waals surface area contributed by atoms with Crippen molar-refractivity contribution in [1.82, 2.24) is 10.3 Å². The van der Waals surface area contributed by atoms with Gasteiger partial charge in [-0.25, -0.2) is 4.39 Å². The van der Waals surface area contributed by atoms with Gasteiger partial charge in [0.2, 0.25) is 0 Å². The molecule has 3 aromatic rings. The molecule has 1 aliphatic rings. The van der Waals surface area contributed by atoms with E-state index in [2.05, 4.69) is 10.3 Å². The maximum atomic E-state index is 13.4. The van der Waals surface area contributed by atoms with E-state index >= 15 is 0 Å². The van der Waals surface area contributed by atoms with E-state index in [0.717, 1.165) is 40.7 Å². The number of ether oxygens (including phenoxy) is 2. The number of esters is 1. The largest absolute Gasteiger partial charge is 0.496 e. The molecule has 36 heavy (non-hydrogen) atoms. The Morgan fingerprint density at radius 2 is 1.92 bits per heavy atom. The summed E-state index contributed by atoms with van der Waals surface area (Å²) in [5.41, 5.74) is 5.10. The molecule has 1 aromatic heterocycles. The minimum absolute atomic E-state index is 0.166. The average Bonchev–Trinajstić information content (AvgIpc) is 3.73. The Kier molecular flexibility index (Phi) is 8.44. The fourth-order valence-electron chi connectivity index (χ4n) is 4.21. The third-order valence-electron chi connectivity index (χ3n) is 6.23. The van der Waals surface area contributed by atoms with E-state index in [-0.39, 0.29) is 24.1 Å². The van der Waals surface area contributed by atoms with Crippen LogP contribution in [0.25, 0.3) is 22.4 Å². The van der Waals surface area contributed by atoms with E-state index in [4.69, 9.17) is 9.47 Å². The Labute approximate surface area is 210 Å². The highest BCUT2D eigenvalue weighted by Gasteiger charge is 2.28. The molecule has 0 radical (unpaired) electrons.